The number of ether oxygens (including phenoxy) is 1. The van der Waals surface area contributed by atoms with Crippen LogP contribution in [-0.2, 0) is 19.6 Å². The quantitative estimate of drug-likeness (QED) is 0.910. The van der Waals surface area contributed by atoms with Crippen molar-refractivity contribution in [1.29, 1.82) is 0 Å². The van der Waals surface area contributed by atoms with Gasteiger partial charge in [-0.2, -0.15) is 0 Å². The maximum absolute atomic E-state index is 9.42. The number of hydrogen-bond donors (Lipinski definition) is 1. The Balaban J connectivity index is 2.14. The number of aliphatic hydroxyl groups excluding tert-OH is 1. The van der Waals surface area contributed by atoms with E-state index in [4.69, 9.17) is 4.74 Å². The lowest BCUT2D eigenvalue weighted by atomic mass is 9.90. The maximum Gasteiger partial charge on any atom is 0.219 e. The molecule has 1 aromatic carbocycles. The molecule has 0 saturated carbocycles. The van der Waals surface area contributed by atoms with Crippen molar-refractivity contribution in [3.63, 3.8) is 0 Å². The standard InChI is InChI=1S/C18H23NO2/c1-18(2,3)11-16-10-9-15(12-20)17(19-16)21-13-14-7-5-4-6-8-14/h4-10,20H,11-13H2,1-3H3. The summed E-state index contributed by atoms with van der Waals surface area (Å²) in [6.07, 6.45) is 0.875. The van der Waals surface area contributed by atoms with Crippen LogP contribution in [0.15, 0.2) is 42.5 Å². The average molecular weight is 285 g/mol. The molecule has 0 radical (unpaired) electrons. The van der Waals surface area contributed by atoms with Crippen LogP contribution in [0.25, 0.3) is 0 Å². The molecule has 0 amide bonds. The van der Waals surface area contributed by atoms with Gasteiger partial charge in [-0.25, -0.2) is 4.98 Å². The lowest BCUT2D eigenvalue weighted by Gasteiger charge is -2.18. The molecule has 2 aromatic rings. The summed E-state index contributed by atoms with van der Waals surface area (Å²) in [7, 11) is 0. The second kappa shape index (κ2) is 6.72. The molecular weight excluding hydrogens is 262 g/mol. The van der Waals surface area contributed by atoms with Crippen molar-refractivity contribution in [2.75, 3.05) is 0 Å². The van der Waals surface area contributed by atoms with Gasteiger partial charge in [0, 0.05) is 11.3 Å². The maximum atomic E-state index is 9.42. The van der Waals surface area contributed by atoms with Gasteiger partial charge in [-0.3, -0.25) is 0 Å². The second-order valence-corrected chi connectivity index (χ2v) is 6.44. The summed E-state index contributed by atoms with van der Waals surface area (Å²) >= 11 is 0. The molecule has 112 valence electrons. The van der Waals surface area contributed by atoms with Crippen LogP contribution >= 0.6 is 0 Å². The van der Waals surface area contributed by atoms with Gasteiger partial charge in [0.2, 0.25) is 5.88 Å². The summed E-state index contributed by atoms with van der Waals surface area (Å²) in [4.78, 5) is 4.56. The number of aromatic nitrogens is 1. The van der Waals surface area contributed by atoms with E-state index in [1.807, 2.05) is 42.5 Å². The average Bonchev–Trinajstić information content (AvgIpc) is 2.45. The van der Waals surface area contributed by atoms with E-state index in [2.05, 4.69) is 25.8 Å². The van der Waals surface area contributed by atoms with Crippen molar-refractivity contribution in [2.45, 2.75) is 40.4 Å². The highest BCUT2D eigenvalue weighted by Crippen LogP contribution is 2.23. The fourth-order valence-corrected chi connectivity index (χ4v) is 2.12. The van der Waals surface area contributed by atoms with Gasteiger partial charge in [-0.05, 0) is 29.5 Å². The van der Waals surface area contributed by atoms with Gasteiger partial charge in [0.15, 0.2) is 0 Å². The topological polar surface area (TPSA) is 42.4 Å². The highest BCUT2D eigenvalue weighted by molar-refractivity contribution is 5.28. The van der Waals surface area contributed by atoms with Gasteiger partial charge in [0.05, 0.1) is 6.61 Å². The van der Waals surface area contributed by atoms with Gasteiger partial charge < -0.3 is 9.84 Å². The van der Waals surface area contributed by atoms with Crippen molar-refractivity contribution >= 4 is 0 Å². The summed E-state index contributed by atoms with van der Waals surface area (Å²) in [5.74, 6) is 0.531. The van der Waals surface area contributed by atoms with Crippen LogP contribution in [0, 0.1) is 5.41 Å². The molecule has 2 rings (SSSR count). The Morgan fingerprint density at radius 1 is 1.05 bits per heavy atom. The number of rotatable bonds is 5. The van der Waals surface area contributed by atoms with E-state index in [1.54, 1.807) is 0 Å². The predicted octanol–water partition coefficient (Wildman–Crippen LogP) is 3.74. The van der Waals surface area contributed by atoms with Gasteiger partial charge in [0.1, 0.15) is 6.61 Å². The van der Waals surface area contributed by atoms with Crippen molar-refractivity contribution in [3.8, 4) is 5.88 Å². The monoisotopic (exact) mass is 285 g/mol. The SMILES string of the molecule is CC(C)(C)Cc1ccc(CO)c(OCc2ccccc2)n1. The lowest BCUT2D eigenvalue weighted by Crippen LogP contribution is -2.11. The normalized spacial score (nSPS) is 11.4. The molecule has 0 saturated heterocycles. The minimum Gasteiger partial charge on any atom is -0.473 e. The molecule has 0 aliphatic rings. The number of nitrogens with zero attached hydrogens (tertiary/aromatic N) is 1. The zero-order valence-corrected chi connectivity index (χ0v) is 13.0. The summed E-state index contributed by atoms with van der Waals surface area (Å²) in [5.41, 5.74) is 2.97. The summed E-state index contributed by atoms with van der Waals surface area (Å²) < 4.78 is 5.80. The van der Waals surface area contributed by atoms with Crippen molar-refractivity contribution in [2.24, 2.45) is 5.41 Å². The minimum atomic E-state index is -0.0626. The fourth-order valence-electron chi connectivity index (χ4n) is 2.12. The Kier molecular flexibility index (Phi) is 4.97. The van der Waals surface area contributed by atoms with E-state index >= 15 is 0 Å². The largest absolute Gasteiger partial charge is 0.473 e. The fraction of sp³-hybridized carbons (Fsp3) is 0.389. The first-order valence-corrected chi connectivity index (χ1v) is 7.24. The van der Waals surface area contributed by atoms with Crippen molar-refractivity contribution in [1.82, 2.24) is 4.98 Å². The molecule has 3 heteroatoms. The second-order valence-electron chi connectivity index (χ2n) is 6.44. The first-order valence-electron chi connectivity index (χ1n) is 7.24. The van der Waals surface area contributed by atoms with E-state index in [0.29, 0.717) is 12.5 Å². The molecule has 0 unspecified atom stereocenters. The summed E-state index contributed by atoms with van der Waals surface area (Å²) in [6.45, 7) is 6.93. The van der Waals surface area contributed by atoms with Crippen LogP contribution in [-0.4, -0.2) is 10.1 Å². The Morgan fingerprint density at radius 2 is 1.76 bits per heavy atom. The Bertz CT molecular complexity index is 574. The zero-order chi connectivity index (χ0) is 15.3. The number of aliphatic hydroxyl groups is 1. The highest BCUT2D eigenvalue weighted by Gasteiger charge is 2.14. The Morgan fingerprint density at radius 3 is 2.38 bits per heavy atom. The molecule has 21 heavy (non-hydrogen) atoms. The molecule has 0 bridgehead atoms. The molecule has 1 heterocycles. The molecular formula is C18H23NO2. The lowest BCUT2D eigenvalue weighted by molar-refractivity contribution is 0.251. The van der Waals surface area contributed by atoms with Crippen LogP contribution < -0.4 is 4.74 Å². The smallest absolute Gasteiger partial charge is 0.219 e. The van der Waals surface area contributed by atoms with Gasteiger partial charge in [0.25, 0.3) is 0 Å². The van der Waals surface area contributed by atoms with E-state index in [0.717, 1.165) is 23.2 Å². The molecule has 0 atom stereocenters. The molecule has 0 aliphatic carbocycles. The van der Waals surface area contributed by atoms with E-state index < -0.39 is 0 Å². The summed E-state index contributed by atoms with van der Waals surface area (Å²) in [6, 6.07) is 13.8. The number of benzene rings is 1. The van der Waals surface area contributed by atoms with Crippen molar-refractivity contribution in [3.05, 3.63) is 59.3 Å². The Hall–Kier alpha value is -1.87. The third kappa shape index (κ3) is 4.87. The van der Waals surface area contributed by atoms with Crippen molar-refractivity contribution < 1.29 is 9.84 Å². The molecule has 3 nitrogen and oxygen atoms in total. The molecule has 0 aliphatic heterocycles. The number of hydrogen-bond acceptors (Lipinski definition) is 3. The van der Waals surface area contributed by atoms with Crippen LogP contribution in [0.3, 0.4) is 0 Å². The molecule has 0 fully saturated rings. The van der Waals surface area contributed by atoms with Crippen LogP contribution in [0.4, 0.5) is 0 Å². The van der Waals surface area contributed by atoms with Crippen LogP contribution in [0.2, 0.25) is 0 Å². The molecule has 0 spiro atoms. The number of pyridine rings is 1. The molecule has 1 N–H and O–H groups in total. The van der Waals surface area contributed by atoms with Crippen LogP contribution in [0.5, 0.6) is 5.88 Å². The van der Waals surface area contributed by atoms with Crippen LogP contribution in [0.1, 0.15) is 37.6 Å². The van der Waals surface area contributed by atoms with Gasteiger partial charge >= 0.3 is 0 Å². The minimum absolute atomic E-state index is 0.0626. The zero-order valence-electron chi connectivity index (χ0n) is 13.0. The van der Waals surface area contributed by atoms with Gasteiger partial charge in [-0.1, -0.05) is 51.1 Å². The van der Waals surface area contributed by atoms with E-state index in [-0.39, 0.29) is 12.0 Å². The third-order valence-electron chi connectivity index (χ3n) is 3.10. The van der Waals surface area contributed by atoms with E-state index in [9.17, 15) is 5.11 Å². The first-order chi connectivity index (χ1) is 9.98. The highest BCUT2D eigenvalue weighted by atomic mass is 16.5. The predicted molar refractivity (Wildman–Crippen MR) is 84.1 cm³/mol. The molecule has 1 aromatic heterocycles. The Labute approximate surface area is 126 Å². The first kappa shape index (κ1) is 15.5. The van der Waals surface area contributed by atoms with E-state index in [1.165, 1.54) is 0 Å². The summed E-state index contributed by atoms with van der Waals surface area (Å²) in [5, 5.41) is 9.42. The van der Waals surface area contributed by atoms with Gasteiger partial charge in [-0.15, -0.1) is 0 Å². The third-order valence-corrected chi connectivity index (χ3v) is 3.10.